The van der Waals surface area contributed by atoms with Gasteiger partial charge < -0.3 is 15.0 Å². The number of thioether (sulfide) groups is 1. The Balaban J connectivity index is 1.46. The number of nitrogens with one attached hydrogen (secondary N) is 1. The summed E-state index contributed by atoms with van der Waals surface area (Å²) >= 11 is 1.36. The average Bonchev–Trinajstić information content (AvgIpc) is 3.31. The number of anilines is 1. The van der Waals surface area contributed by atoms with Crippen molar-refractivity contribution >= 4 is 60.6 Å². The van der Waals surface area contributed by atoms with Crippen molar-refractivity contribution in [2.24, 2.45) is 4.99 Å². The molecule has 228 valence electrons. The Labute approximate surface area is 264 Å². The highest BCUT2D eigenvalue weighted by Gasteiger charge is 2.39. The van der Waals surface area contributed by atoms with E-state index in [9.17, 15) is 14.4 Å². The Morgan fingerprint density at radius 2 is 1.93 bits per heavy atom. The second-order valence-corrected chi connectivity index (χ2v) is 11.7. The second kappa shape index (κ2) is 16.0. The molecule has 0 bridgehead atoms. The molecule has 1 saturated heterocycles. The molecule has 0 aliphatic carbocycles. The highest BCUT2D eigenvalue weighted by Crippen LogP contribution is 2.41. The van der Waals surface area contributed by atoms with Gasteiger partial charge >= 0.3 is 0 Å². The van der Waals surface area contributed by atoms with E-state index in [1.807, 2.05) is 50.2 Å². The largest absolute Gasteiger partial charge is 0.468 e. The first kappa shape index (κ1) is 32.6. The summed E-state index contributed by atoms with van der Waals surface area (Å²) in [4.78, 5) is 51.4. The third-order valence-electron chi connectivity index (χ3n) is 6.69. The van der Waals surface area contributed by atoms with Crippen LogP contribution in [0.15, 0.2) is 103 Å². The third-order valence-corrected chi connectivity index (χ3v) is 8.28. The topological polar surface area (TPSA) is 104 Å². The number of pyridine rings is 1. The van der Waals surface area contributed by atoms with Crippen molar-refractivity contribution in [2.45, 2.75) is 31.9 Å². The van der Waals surface area contributed by atoms with Gasteiger partial charge in [0.15, 0.2) is 5.17 Å². The normalized spacial score (nSPS) is 15.8. The highest BCUT2D eigenvalue weighted by molar-refractivity contribution is 8.15. The molecule has 1 fully saturated rings. The molecule has 3 amide bonds. The maximum Gasteiger partial charge on any atom is 0.247 e. The molecule has 0 saturated carbocycles. The van der Waals surface area contributed by atoms with Crippen LogP contribution in [0, 0.1) is 0 Å². The van der Waals surface area contributed by atoms with E-state index in [4.69, 9.17) is 9.73 Å². The molecule has 3 aromatic rings. The second-order valence-electron chi connectivity index (χ2n) is 9.97. The predicted molar refractivity (Wildman–Crippen MR) is 180 cm³/mol. The summed E-state index contributed by atoms with van der Waals surface area (Å²) in [7, 11) is 2.65. The lowest BCUT2D eigenvalue weighted by atomic mass is 10.1. The van der Waals surface area contributed by atoms with Crippen LogP contribution in [0.1, 0.15) is 36.6 Å². The monoisotopic (exact) mass is 629 g/mol. The number of nitrogens with zero attached hydrogens (tertiary/aromatic N) is 4. The summed E-state index contributed by atoms with van der Waals surface area (Å²) in [5.74, 6) is 0.0453. The van der Waals surface area contributed by atoms with Crippen LogP contribution in [-0.4, -0.2) is 57.3 Å². The smallest absolute Gasteiger partial charge is 0.247 e. The Bertz CT molecular complexity index is 1550. The maximum absolute atomic E-state index is 13.7. The molecule has 1 N–H and O–H groups in total. The van der Waals surface area contributed by atoms with Crippen LogP contribution < -0.4 is 10.6 Å². The minimum Gasteiger partial charge on any atom is -0.468 e. The van der Waals surface area contributed by atoms with Crippen molar-refractivity contribution < 1.29 is 19.1 Å². The quantitative estimate of drug-likeness (QED) is 0.202. The van der Waals surface area contributed by atoms with Gasteiger partial charge in [0, 0.05) is 24.6 Å². The van der Waals surface area contributed by atoms with Crippen molar-refractivity contribution in [3.05, 3.63) is 109 Å². The van der Waals surface area contributed by atoms with Gasteiger partial charge in [-0.05, 0) is 72.3 Å². The number of hydrogen-bond donors (Lipinski definition) is 1. The minimum atomic E-state index is -0.523. The van der Waals surface area contributed by atoms with Crippen LogP contribution in [0.3, 0.4) is 0 Å². The molecular formula is C33H36N5O4PS. The first-order chi connectivity index (χ1) is 21.3. The van der Waals surface area contributed by atoms with E-state index in [0.29, 0.717) is 23.2 Å². The van der Waals surface area contributed by atoms with Gasteiger partial charge in [-0.2, -0.15) is 0 Å². The first-order valence-corrected chi connectivity index (χ1v) is 15.7. The Morgan fingerprint density at radius 1 is 1.18 bits per heavy atom. The van der Waals surface area contributed by atoms with Crippen LogP contribution in [0.25, 0.3) is 0 Å². The lowest BCUT2D eigenvalue weighted by Crippen LogP contribution is -2.39. The average molecular weight is 630 g/mol. The number of allylic oxidation sites excluding steroid dienone is 1. The summed E-state index contributed by atoms with van der Waals surface area (Å²) in [6.45, 7) is 8.07. The molecule has 1 aromatic heterocycles. The van der Waals surface area contributed by atoms with Crippen LogP contribution >= 0.6 is 21.0 Å². The van der Waals surface area contributed by atoms with Gasteiger partial charge in [0.05, 0.1) is 31.5 Å². The molecule has 2 heterocycles. The van der Waals surface area contributed by atoms with Crippen molar-refractivity contribution in [2.75, 3.05) is 25.0 Å². The van der Waals surface area contributed by atoms with Crippen molar-refractivity contribution in [1.29, 1.82) is 0 Å². The van der Waals surface area contributed by atoms with Crippen LogP contribution in [0.4, 0.5) is 11.4 Å². The molecule has 9 nitrogen and oxygen atoms in total. The fraction of sp³-hybridized carbons (Fsp3) is 0.242. The SMILES string of the molecule is C=CO/C(=C\C)CN1C(=O)C(c2ccc(NC(=O)CN(CCC)C(=O)Cc3ccncc3)cc2)SC1=Nc1cccc(P)c1. The number of amides is 3. The van der Waals surface area contributed by atoms with Crippen molar-refractivity contribution in [1.82, 2.24) is 14.8 Å². The number of carbonyl (C=O) groups is 3. The lowest BCUT2D eigenvalue weighted by molar-refractivity contribution is -0.134. The van der Waals surface area contributed by atoms with Crippen LogP contribution in [0.2, 0.25) is 0 Å². The van der Waals surface area contributed by atoms with Gasteiger partial charge in [0.2, 0.25) is 17.7 Å². The summed E-state index contributed by atoms with van der Waals surface area (Å²) < 4.78 is 5.50. The molecule has 11 heteroatoms. The number of amidine groups is 1. The molecule has 2 aromatic carbocycles. The van der Waals surface area contributed by atoms with Gasteiger partial charge in [-0.15, -0.1) is 9.24 Å². The highest BCUT2D eigenvalue weighted by atomic mass is 32.2. The molecule has 2 unspecified atom stereocenters. The van der Waals surface area contributed by atoms with Crippen LogP contribution in [-0.2, 0) is 25.5 Å². The van der Waals surface area contributed by atoms with Crippen LogP contribution in [0.5, 0.6) is 0 Å². The molecule has 1 aliphatic rings. The molecule has 4 rings (SSSR count). The summed E-state index contributed by atoms with van der Waals surface area (Å²) in [6.07, 6.45) is 7.36. The zero-order chi connectivity index (χ0) is 31.5. The van der Waals surface area contributed by atoms with Gasteiger partial charge in [0.25, 0.3) is 0 Å². The van der Waals surface area contributed by atoms with E-state index < -0.39 is 5.25 Å². The minimum absolute atomic E-state index is 0.0528. The summed E-state index contributed by atoms with van der Waals surface area (Å²) in [5, 5.41) is 3.91. The standard InChI is InChI=1S/C33H36N5O4PS/c1-4-18-37(30(40)19-23-14-16-34-17-15-23)22-29(39)35-25-12-10-24(11-13-25)31-32(41)38(21-27(5-2)42-6-3)33(44-31)36-26-8-7-9-28(43)20-26/h5-17,20,31H,3-4,18-19,21-22,43H2,1-2H3,(H,35,39)/b27-5-,36-33?. The van der Waals surface area contributed by atoms with Crippen molar-refractivity contribution in [3.8, 4) is 0 Å². The number of aromatic nitrogens is 1. The number of hydrogen-bond acceptors (Lipinski definition) is 7. The number of aliphatic imine (C=N–C) groups is 1. The zero-order valence-electron chi connectivity index (χ0n) is 24.8. The van der Waals surface area contributed by atoms with E-state index in [2.05, 4.69) is 26.1 Å². The van der Waals surface area contributed by atoms with Gasteiger partial charge in [-0.3, -0.25) is 24.3 Å². The van der Waals surface area contributed by atoms with E-state index in [-0.39, 0.29) is 37.2 Å². The van der Waals surface area contributed by atoms with Crippen molar-refractivity contribution in [3.63, 3.8) is 0 Å². The fourth-order valence-corrected chi connectivity index (χ4v) is 5.98. The summed E-state index contributed by atoms with van der Waals surface area (Å²) in [5.41, 5.74) is 2.94. The molecular weight excluding hydrogens is 593 g/mol. The number of rotatable bonds is 13. The number of benzene rings is 2. The Hall–Kier alpha value is -4.27. The molecule has 0 spiro atoms. The van der Waals surface area contributed by atoms with E-state index in [1.54, 1.807) is 52.5 Å². The van der Waals surface area contributed by atoms with Gasteiger partial charge in [-0.25, -0.2) is 4.99 Å². The Morgan fingerprint density at radius 3 is 2.59 bits per heavy atom. The van der Waals surface area contributed by atoms with E-state index in [0.717, 1.165) is 28.5 Å². The first-order valence-electron chi connectivity index (χ1n) is 14.2. The number of ether oxygens (including phenoxy) is 1. The fourth-order valence-electron chi connectivity index (χ4n) is 4.53. The van der Waals surface area contributed by atoms with E-state index >= 15 is 0 Å². The molecule has 2 atom stereocenters. The van der Waals surface area contributed by atoms with E-state index in [1.165, 1.54) is 18.0 Å². The zero-order valence-corrected chi connectivity index (χ0v) is 26.8. The maximum atomic E-state index is 13.7. The van der Waals surface area contributed by atoms with Gasteiger partial charge in [0.1, 0.15) is 11.0 Å². The predicted octanol–water partition coefficient (Wildman–Crippen LogP) is 5.37. The number of carbonyl (C=O) groups excluding carboxylic acids is 3. The molecule has 44 heavy (non-hydrogen) atoms. The van der Waals surface area contributed by atoms with Gasteiger partial charge in [-0.1, -0.05) is 49.5 Å². The molecule has 1 aliphatic heterocycles. The molecule has 0 radical (unpaired) electrons. The lowest BCUT2D eigenvalue weighted by Gasteiger charge is -2.22. The summed E-state index contributed by atoms with van der Waals surface area (Å²) in [6, 6.07) is 18.4. The Kier molecular flexibility index (Phi) is 11.9. The third kappa shape index (κ3) is 8.88.